The van der Waals surface area contributed by atoms with Crippen molar-refractivity contribution >= 4 is 60.8 Å². The molecule has 0 spiro atoms. The highest BCUT2D eigenvalue weighted by Crippen LogP contribution is 2.30. The number of halogens is 1. The average molecular weight is 388 g/mol. The molecule has 1 N–H and O–H groups in total. The Morgan fingerprint density at radius 3 is 2.83 bits per heavy atom. The largest absolute Gasteiger partial charge is 0.250 e. The van der Waals surface area contributed by atoms with Crippen LogP contribution in [0.5, 0.6) is 0 Å². The van der Waals surface area contributed by atoms with Gasteiger partial charge in [0.1, 0.15) is 4.21 Å². The predicted octanol–water partition coefficient (Wildman–Crippen LogP) is 2.95. The van der Waals surface area contributed by atoms with Gasteiger partial charge in [0.25, 0.3) is 0 Å². The zero-order chi connectivity index (χ0) is 13.2. The summed E-state index contributed by atoms with van der Waals surface area (Å²) in [7, 11) is -3.35. The van der Waals surface area contributed by atoms with Gasteiger partial charge in [0.05, 0.1) is 3.79 Å². The van der Waals surface area contributed by atoms with Crippen LogP contribution in [0.4, 0.5) is 0 Å². The van der Waals surface area contributed by atoms with Crippen molar-refractivity contribution in [3.05, 3.63) is 15.4 Å². The van der Waals surface area contributed by atoms with Crippen molar-refractivity contribution in [2.75, 3.05) is 23.8 Å². The molecule has 0 aliphatic carbocycles. The summed E-state index contributed by atoms with van der Waals surface area (Å²) in [6.45, 7) is 2.42. The molecule has 2 rings (SSSR count). The third-order valence-corrected chi connectivity index (χ3v) is 9.36. The summed E-state index contributed by atoms with van der Waals surface area (Å²) in [6.07, 6.45) is 0. The van der Waals surface area contributed by atoms with E-state index in [1.54, 1.807) is 6.07 Å². The Hall–Kier alpha value is 0.790. The van der Waals surface area contributed by atoms with E-state index < -0.39 is 10.0 Å². The molecule has 1 fully saturated rings. The number of thioether (sulfide) groups is 2. The van der Waals surface area contributed by atoms with Crippen LogP contribution in [0.25, 0.3) is 0 Å². The fourth-order valence-corrected chi connectivity index (χ4v) is 7.56. The second kappa shape index (κ2) is 6.49. The lowest BCUT2D eigenvalue weighted by Gasteiger charge is -2.20. The maximum Gasteiger partial charge on any atom is 0.250 e. The molecule has 1 aromatic rings. The fourth-order valence-electron chi connectivity index (χ4n) is 1.49. The standard InChI is InChI=1S/C10H14BrNO2S4/c1-7-4-9(17-10(7)11)18(13,14)12-5-8-6-15-2-3-16-8/h4,8,12H,2-3,5-6H2,1H3. The van der Waals surface area contributed by atoms with Gasteiger partial charge in [-0.3, -0.25) is 0 Å². The predicted molar refractivity (Wildman–Crippen MR) is 85.5 cm³/mol. The molecule has 0 bridgehead atoms. The van der Waals surface area contributed by atoms with Gasteiger partial charge in [-0.2, -0.15) is 23.5 Å². The summed E-state index contributed by atoms with van der Waals surface area (Å²) >= 11 is 8.37. The van der Waals surface area contributed by atoms with Crippen molar-refractivity contribution in [2.24, 2.45) is 0 Å². The van der Waals surface area contributed by atoms with Gasteiger partial charge in [-0.1, -0.05) is 0 Å². The Morgan fingerprint density at radius 1 is 1.50 bits per heavy atom. The molecule has 1 saturated heterocycles. The number of nitrogens with one attached hydrogen (secondary N) is 1. The lowest BCUT2D eigenvalue weighted by molar-refractivity contribution is 0.583. The topological polar surface area (TPSA) is 46.2 Å². The molecule has 8 heteroatoms. The number of rotatable bonds is 4. The van der Waals surface area contributed by atoms with E-state index in [1.807, 2.05) is 30.4 Å². The van der Waals surface area contributed by atoms with Crippen molar-refractivity contribution < 1.29 is 8.42 Å². The molecule has 1 aliphatic rings. The maximum absolute atomic E-state index is 12.1. The highest BCUT2D eigenvalue weighted by atomic mass is 79.9. The van der Waals surface area contributed by atoms with Crippen LogP contribution in [-0.4, -0.2) is 37.5 Å². The molecule has 1 aromatic heterocycles. The molecule has 0 aromatic carbocycles. The summed E-state index contributed by atoms with van der Waals surface area (Å²) in [5.41, 5.74) is 0.961. The van der Waals surface area contributed by atoms with Crippen molar-refractivity contribution in [2.45, 2.75) is 16.4 Å². The number of hydrogen-bond acceptors (Lipinski definition) is 5. The zero-order valence-corrected chi connectivity index (χ0v) is 14.7. The second-order valence-electron chi connectivity index (χ2n) is 3.94. The summed E-state index contributed by atoms with van der Waals surface area (Å²) in [4.78, 5) is 0. The Morgan fingerprint density at radius 2 is 2.28 bits per heavy atom. The van der Waals surface area contributed by atoms with Crippen molar-refractivity contribution in [1.82, 2.24) is 4.72 Å². The van der Waals surface area contributed by atoms with Crippen molar-refractivity contribution in [3.63, 3.8) is 0 Å². The van der Waals surface area contributed by atoms with Gasteiger partial charge in [0, 0.05) is 29.1 Å². The molecule has 0 amide bonds. The van der Waals surface area contributed by atoms with E-state index in [4.69, 9.17) is 0 Å². The smallest absolute Gasteiger partial charge is 0.209 e. The second-order valence-corrected chi connectivity index (χ2v) is 10.9. The van der Waals surface area contributed by atoms with Crippen molar-refractivity contribution in [3.8, 4) is 0 Å². The number of hydrogen-bond donors (Lipinski definition) is 1. The van der Waals surface area contributed by atoms with Gasteiger partial charge in [-0.05, 0) is 34.5 Å². The van der Waals surface area contributed by atoms with Crippen LogP contribution in [0.3, 0.4) is 0 Å². The van der Waals surface area contributed by atoms with Gasteiger partial charge >= 0.3 is 0 Å². The molecule has 1 unspecified atom stereocenters. The van der Waals surface area contributed by atoms with Crippen LogP contribution in [0.2, 0.25) is 0 Å². The monoisotopic (exact) mass is 387 g/mol. The molecule has 1 aliphatic heterocycles. The minimum atomic E-state index is -3.35. The zero-order valence-electron chi connectivity index (χ0n) is 9.81. The average Bonchev–Trinajstić information content (AvgIpc) is 2.70. The Balaban J connectivity index is 1.98. The first-order valence-corrected chi connectivity index (χ1v) is 10.7. The fraction of sp³-hybridized carbons (Fsp3) is 0.600. The van der Waals surface area contributed by atoms with Crippen LogP contribution in [0.1, 0.15) is 5.56 Å². The quantitative estimate of drug-likeness (QED) is 0.862. The van der Waals surface area contributed by atoms with Crippen LogP contribution in [0.15, 0.2) is 14.1 Å². The highest BCUT2D eigenvalue weighted by molar-refractivity contribution is 9.11. The molecule has 18 heavy (non-hydrogen) atoms. The molecular weight excluding hydrogens is 374 g/mol. The minimum absolute atomic E-state index is 0.389. The normalized spacial score (nSPS) is 21.1. The number of thiophene rings is 1. The van der Waals surface area contributed by atoms with E-state index in [-0.39, 0.29) is 0 Å². The first-order chi connectivity index (χ1) is 8.49. The summed E-state index contributed by atoms with van der Waals surface area (Å²) in [5.74, 6) is 3.31. The van der Waals surface area contributed by atoms with Gasteiger partial charge in [-0.25, -0.2) is 13.1 Å². The molecule has 0 saturated carbocycles. The van der Waals surface area contributed by atoms with Gasteiger partial charge in [0.15, 0.2) is 0 Å². The Labute approximate surface area is 129 Å². The molecule has 0 radical (unpaired) electrons. The third-order valence-electron chi connectivity index (χ3n) is 2.49. The summed E-state index contributed by atoms with van der Waals surface area (Å²) < 4.78 is 28.2. The molecular formula is C10H14BrNO2S4. The number of sulfonamides is 1. The van der Waals surface area contributed by atoms with Crippen molar-refractivity contribution in [1.29, 1.82) is 0 Å². The first-order valence-electron chi connectivity index (χ1n) is 5.44. The number of aryl methyl sites for hydroxylation is 1. The van der Waals surface area contributed by atoms with Gasteiger partial charge < -0.3 is 0 Å². The SMILES string of the molecule is Cc1cc(S(=O)(=O)NCC2CSCCS2)sc1Br. The Bertz CT molecular complexity index is 488. The molecule has 3 nitrogen and oxygen atoms in total. The van der Waals surface area contributed by atoms with Crippen LogP contribution in [0, 0.1) is 6.92 Å². The van der Waals surface area contributed by atoms with Gasteiger partial charge in [-0.15, -0.1) is 11.3 Å². The van der Waals surface area contributed by atoms with E-state index in [9.17, 15) is 8.42 Å². The molecule has 102 valence electrons. The van der Waals surface area contributed by atoms with Crippen LogP contribution < -0.4 is 4.72 Å². The molecule has 2 heterocycles. The lowest BCUT2D eigenvalue weighted by Crippen LogP contribution is -2.33. The lowest BCUT2D eigenvalue weighted by atomic mass is 10.4. The first kappa shape index (κ1) is 15.2. The molecule has 1 atom stereocenters. The Kier molecular flexibility index (Phi) is 5.48. The van der Waals surface area contributed by atoms with Gasteiger partial charge in [0.2, 0.25) is 10.0 Å². The highest BCUT2D eigenvalue weighted by Gasteiger charge is 2.21. The van der Waals surface area contributed by atoms with Crippen LogP contribution >= 0.6 is 50.8 Å². The third kappa shape index (κ3) is 3.89. The van der Waals surface area contributed by atoms with E-state index in [1.165, 1.54) is 17.1 Å². The minimum Gasteiger partial charge on any atom is -0.209 e. The summed E-state index contributed by atoms with van der Waals surface area (Å²) in [6, 6.07) is 1.71. The van der Waals surface area contributed by atoms with Crippen LogP contribution in [-0.2, 0) is 10.0 Å². The van der Waals surface area contributed by atoms with E-state index >= 15 is 0 Å². The van der Waals surface area contributed by atoms with E-state index in [0.717, 1.165) is 20.9 Å². The summed E-state index contributed by atoms with van der Waals surface area (Å²) in [5, 5.41) is 0.392. The van der Waals surface area contributed by atoms with E-state index in [0.29, 0.717) is 16.0 Å². The van der Waals surface area contributed by atoms with E-state index in [2.05, 4.69) is 20.7 Å². The maximum atomic E-state index is 12.1.